The van der Waals surface area contributed by atoms with Gasteiger partial charge < -0.3 is 9.64 Å². The van der Waals surface area contributed by atoms with Gasteiger partial charge in [-0.3, -0.25) is 0 Å². The summed E-state index contributed by atoms with van der Waals surface area (Å²) < 4.78 is 5.19. The van der Waals surface area contributed by atoms with Gasteiger partial charge in [-0.25, -0.2) is 4.98 Å². The number of pyridine rings is 1. The third-order valence-corrected chi connectivity index (χ3v) is 2.66. The predicted molar refractivity (Wildman–Crippen MR) is 70.0 cm³/mol. The van der Waals surface area contributed by atoms with E-state index >= 15 is 0 Å². The Kier molecular flexibility index (Phi) is 3.44. The van der Waals surface area contributed by atoms with Crippen molar-refractivity contribution < 1.29 is 4.74 Å². The SMILES string of the molecule is COc1cccc(N(C)c2ccc(C#N)cn2)c1. The summed E-state index contributed by atoms with van der Waals surface area (Å²) in [6, 6.07) is 13.3. The zero-order valence-electron chi connectivity index (χ0n) is 10.3. The molecule has 4 heteroatoms. The van der Waals surface area contributed by atoms with Gasteiger partial charge >= 0.3 is 0 Å². The van der Waals surface area contributed by atoms with E-state index in [1.165, 1.54) is 0 Å². The number of benzene rings is 1. The molecule has 0 atom stereocenters. The molecule has 0 radical (unpaired) electrons. The number of rotatable bonds is 3. The minimum Gasteiger partial charge on any atom is -0.497 e. The lowest BCUT2D eigenvalue weighted by Gasteiger charge is -2.18. The molecule has 0 amide bonds. The molecule has 0 aliphatic heterocycles. The summed E-state index contributed by atoms with van der Waals surface area (Å²) in [5.41, 5.74) is 1.53. The molecule has 0 saturated heterocycles. The Labute approximate surface area is 106 Å². The molecule has 0 bridgehead atoms. The van der Waals surface area contributed by atoms with Gasteiger partial charge in [-0.05, 0) is 24.3 Å². The van der Waals surface area contributed by atoms with Gasteiger partial charge in [0.15, 0.2) is 0 Å². The van der Waals surface area contributed by atoms with Crippen LogP contribution in [0.4, 0.5) is 11.5 Å². The van der Waals surface area contributed by atoms with E-state index in [4.69, 9.17) is 10.00 Å². The molecule has 90 valence electrons. The Morgan fingerprint density at radius 3 is 2.72 bits per heavy atom. The van der Waals surface area contributed by atoms with Crippen molar-refractivity contribution in [2.24, 2.45) is 0 Å². The summed E-state index contributed by atoms with van der Waals surface area (Å²) in [4.78, 5) is 6.18. The second-order valence-electron chi connectivity index (χ2n) is 3.78. The van der Waals surface area contributed by atoms with Crippen molar-refractivity contribution in [3.05, 3.63) is 48.2 Å². The van der Waals surface area contributed by atoms with Crippen LogP contribution in [0.5, 0.6) is 5.75 Å². The number of anilines is 2. The van der Waals surface area contributed by atoms with E-state index in [1.807, 2.05) is 42.3 Å². The number of aromatic nitrogens is 1. The lowest BCUT2D eigenvalue weighted by molar-refractivity contribution is 0.415. The van der Waals surface area contributed by atoms with Crippen LogP contribution in [-0.2, 0) is 0 Å². The highest BCUT2D eigenvalue weighted by molar-refractivity contribution is 5.61. The molecule has 0 aliphatic carbocycles. The first kappa shape index (κ1) is 11.9. The fourth-order valence-corrected chi connectivity index (χ4v) is 1.60. The highest BCUT2D eigenvalue weighted by atomic mass is 16.5. The van der Waals surface area contributed by atoms with Crippen molar-refractivity contribution in [1.82, 2.24) is 4.98 Å². The third kappa shape index (κ3) is 2.41. The minimum atomic E-state index is 0.554. The normalized spacial score (nSPS) is 9.61. The van der Waals surface area contributed by atoms with E-state index in [1.54, 1.807) is 19.4 Å². The van der Waals surface area contributed by atoms with Crippen LogP contribution in [0.3, 0.4) is 0 Å². The molecule has 0 spiro atoms. The molecular weight excluding hydrogens is 226 g/mol. The molecule has 18 heavy (non-hydrogen) atoms. The van der Waals surface area contributed by atoms with E-state index in [2.05, 4.69) is 11.1 Å². The molecule has 4 nitrogen and oxygen atoms in total. The van der Waals surface area contributed by atoms with Crippen molar-refractivity contribution in [3.8, 4) is 11.8 Å². The monoisotopic (exact) mass is 239 g/mol. The molecule has 0 fully saturated rings. The quantitative estimate of drug-likeness (QED) is 0.826. The Morgan fingerprint density at radius 1 is 1.28 bits per heavy atom. The number of hydrogen-bond acceptors (Lipinski definition) is 4. The Balaban J connectivity index is 2.29. The topological polar surface area (TPSA) is 49.1 Å². The highest BCUT2D eigenvalue weighted by Crippen LogP contribution is 2.25. The van der Waals surface area contributed by atoms with Gasteiger partial charge in [0.25, 0.3) is 0 Å². The number of nitrogens with zero attached hydrogens (tertiary/aromatic N) is 3. The van der Waals surface area contributed by atoms with E-state index < -0.39 is 0 Å². The molecule has 2 aromatic rings. The van der Waals surface area contributed by atoms with Crippen LogP contribution in [0.2, 0.25) is 0 Å². The average molecular weight is 239 g/mol. The van der Waals surface area contributed by atoms with Gasteiger partial charge in [-0.1, -0.05) is 6.07 Å². The smallest absolute Gasteiger partial charge is 0.132 e. The highest BCUT2D eigenvalue weighted by Gasteiger charge is 2.06. The summed E-state index contributed by atoms with van der Waals surface area (Å²) in [7, 11) is 3.56. The molecule has 1 aromatic heterocycles. The second kappa shape index (κ2) is 5.19. The van der Waals surface area contributed by atoms with Gasteiger partial charge in [-0.2, -0.15) is 5.26 Å². The van der Waals surface area contributed by atoms with Crippen molar-refractivity contribution >= 4 is 11.5 Å². The van der Waals surface area contributed by atoms with Gasteiger partial charge in [0.05, 0.1) is 12.7 Å². The summed E-state index contributed by atoms with van der Waals surface area (Å²) >= 11 is 0. The fraction of sp³-hybridized carbons (Fsp3) is 0.143. The number of nitriles is 1. The molecule has 1 heterocycles. The Hall–Kier alpha value is -2.54. The lowest BCUT2D eigenvalue weighted by atomic mass is 10.2. The maximum absolute atomic E-state index is 8.73. The number of methoxy groups -OCH3 is 1. The van der Waals surface area contributed by atoms with Gasteiger partial charge in [0.1, 0.15) is 17.6 Å². The maximum atomic E-state index is 8.73. The van der Waals surface area contributed by atoms with E-state index in [0.29, 0.717) is 5.56 Å². The standard InChI is InChI=1S/C14H13N3O/c1-17(12-4-3-5-13(8-12)18-2)14-7-6-11(9-15)10-16-14/h3-8,10H,1-2H3. The summed E-state index contributed by atoms with van der Waals surface area (Å²) in [6.45, 7) is 0. The van der Waals surface area contributed by atoms with Crippen LogP contribution in [0.15, 0.2) is 42.6 Å². The van der Waals surface area contributed by atoms with Gasteiger partial charge in [-0.15, -0.1) is 0 Å². The molecule has 0 unspecified atom stereocenters. The maximum Gasteiger partial charge on any atom is 0.132 e. The molecule has 0 saturated carbocycles. The zero-order chi connectivity index (χ0) is 13.0. The molecule has 1 aromatic carbocycles. The zero-order valence-corrected chi connectivity index (χ0v) is 10.3. The fourth-order valence-electron chi connectivity index (χ4n) is 1.60. The first-order valence-electron chi connectivity index (χ1n) is 5.48. The van der Waals surface area contributed by atoms with Crippen LogP contribution in [0.25, 0.3) is 0 Å². The van der Waals surface area contributed by atoms with Crippen molar-refractivity contribution in [2.75, 3.05) is 19.1 Å². The third-order valence-electron chi connectivity index (χ3n) is 2.66. The number of ether oxygens (including phenoxy) is 1. The van der Waals surface area contributed by atoms with Gasteiger partial charge in [0, 0.05) is 25.0 Å². The second-order valence-corrected chi connectivity index (χ2v) is 3.78. The Bertz CT molecular complexity index is 572. The first-order chi connectivity index (χ1) is 8.74. The summed E-state index contributed by atoms with van der Waals surface area (Å²) in [6.07, 6.45) is 1.56. The van der Waals surface area contributed by atoms with Crippen LogP contribution >= 0.6 is 0 Å². The molecular formula is C14H13N3O. The van der Waals surface area contributed by atoms with Gasteiger partial charge in [0.2, 0.25) is 0 Å². The Morgan fingerprint density at radius 2 is 2.11 bits per heavy atom. The molecule has 2 rings (SSSR count). The van der Waals surface area contributed by atoms with E-state index in [0.717, 1.165) is 17.3 Å². The molecule has 0 N–H and O–H groups in total. The average Bonchev–Trinajstić information content (AvgIpc) is 2.46. The van der Waals surface area contributed by atoms with Crippen LogP contribution < -0.4 is 9.64 Å². The first-order valence-corrected chi connectivity index (χ1v) is 5.48. The largest absolute Gasteiger partial charge is 0.497 e. The predicted octanol–water partition coefficient (Wildman–Crippen LogP) is 2.73. The lowest BCUT2D eigenvalue weighted by Crippen LogP contribution is -2.11. The van der Waals surface area contributed by atoms with Crippen molar-refractivity contribution in [3.63, 3.8) is 0 Å². The number of hydrogen-bond donors (Lipinski definition) is 0. The molecule has 0 aliphatic rings. The van der Waals surface area contributed by atoms with Crippen LogP contribution in [0.1, 0.15) is 5.56 Å². The van der Waals surface area contributed by atoms with Crippen LogP contribution in [0, 0.1) is 11.3 Å². The van der Waals surface area contributed by atoms with E-state index in [9.17, 15) is 0 Å². The van der Waals surface area contributed by atoms with Crippen molar-refractivity contribution in [1.29, 1.82) is 5.26 Å². The summed E-state index contributed by atoms with van der Waals surface area (Å²) in [5.74, 6) is 1.58. The minimum absolute atomic E-state index is 0.554. The van der Waals surface area contributed by atoms with E-state index in [-0.39, 0.29) is 0 Å². The van der Waals surface area contributed by atoms with Crippen LogP contribution in [-0.4, -0.2) is 19.1 Å². The summed E-state index contributed by atoms with van der Waals surface area (Å²) in [5, 5.41) is 8.73. The van der Waals surface area contributed by atoms with Crippen molar-refractivity contribution in [2.45, 2.75) is 0 Å².